The van der Waals surface area contributed by atoms with E-state index in [1.807, 2.05) is 0 Å². The summed E-state index contributed by atoms with van der Waals surface area (Å²) in [5.41, 5.74) is -2.15. The molecule has 2 aliphatic carbocycles. The van der Waals surface area contributed by atoms with Crippen LogP contribution in [0.4, 0.5) is 0 Å². The quantitative estimate of drug-likeness (QED) is 0.475. The van der Waals surface area contributed by atoms with Crippen molar-refractivity contribution in [3.8, 4) is 0 Å². The van der Waals surface area contributed by atoms with Gasteiger partial charge in [0.15, 0.2) is 0 Å². The molecule has 0 bridgehead atoms. The lowest BCUT2D eigenvalue weighted by Gasteiger charge is -2.44. The van der Waals surface area contributed by atoms with E-state index < -0.39 is 31.2 Å². The highest BCUT2D eigenvalue weighted by Gasteiger charge is 2.47. The molecule has 0 heterocycles. The molecule has 36 heavy (non-hydrogen) atoms. The molecule has 2 N–H and O–H groups in total. The molecule has 0 aromatic heterocycles. The summed E-state index contributed by atoms with van der Waals surface area (Å²) in [4.78, 5) is 0. The second-order valence-corrected chi connectivity index (χ2v) is 17.1. The largest absolute Gasteiger partial charge is 0.388 e. The van der Waals surface area contributed by atoms with Crippen molar-refractivity contribution in [3.63, 3.8) is 0 Å². The molecular weight excluding hydrogens is 500 g/mol. The predicted molar refractivity (Wildman–Crippen MR) is 148 cm³/mol. The van der Waals surface area contributed by atoms with Gasteiger partial charge in [0.05, 0.1) is 22.7 Å². The lowest BCUT2D eigenvalue weighted by Crippen LogP contribution is -2.52. The van der Waals surface area contributed by atoms with E-state index in [1.165, 1.54) is 36.8 Å². The van der Waals surface area contributed by atoms with E-state index in [9.17, 15) is 27.0 Å². The number of nitrogens with zero attached hydrogens (tertiary/aromatic N) is 2. The molecule has 0 saturated heterocycles. The lowest BCUT2D eigenvalue weighted by molar-refractivity contribution is -0.0630. The van der Waals surface area contributed by atoms with Crippen LogP contribution >= 0.6 is 0 Å². The molecule has 0 aliphatic heterocycles. The molecule has 6 atom stereocenters. The Morgan fingerprint density at radius 1 is 0.667 bits per heavy atom. The Kier molecular flexibility index (Phi) is 11.9. The van der Waals surface area contributed by atoms with Crippen LogP contribution in [0.15, 0.2) is 0 Å². The molecule has 216 valence electrons. The molecule has 0 aromatic carbocycles. The van der Waals surface area contributed by atoms with Gasteiger partial charge < -0.3 is 10.2 Å². The van der Waals surface area contributed by atoms with Gasteiger partial charge in [0.1, 0.15) is 0 Å². The summed E-state index contributed by atoms with van der Waals surface area (Å²) in [7, 11) is -0.633. The van der Waals surface area contributed by atoms with Gasteiger partial charge in [0.25, 0.3) is 0 Å². The first kappa shape index (κ1) is 33.8. The van der Waals surface area contributed by atoms with Gasteiger partial charge in [-0.2, -0.15) is 0 Å². The Hall–Kier alpha value is -0.260. The van der Waals surface area contributed by atoms with Crippen LogP contribution in [0.2, 0.25) is 0 Å². The van der Waals surface area contributed by atoms with E-state index in [0.29, 0.717) is 36.5 Å². The summed E-state index contributed by atoms with van der Waals surface area (Å²) in [5.74, 6) is 1.23. The van der Waals surface area contributed by atoms with Crippen LogP contribution in [0.5, 0.6) is 0 Å². The molecule has 0 radical (unpaired) electrons. The third-order valence-corrected chi connectivity index (χ3v) is 12.3. The highest BCUT2D eigenvalue weighted by molar-refractivity contribution is 7.89. The maximum Gasteiger partial charge on any atom is 0.216 e. The molecule has 2 rings (SSSR count). The summed E-state index contributed by atoms with van der Waals surface area (Å²) in [5, 5.41) is 21.7. The fourth-order valence-corrected chi connectivity index (χ4v) is 8.75. The fraction of sp³-hybridized carbons (Fsp3) is 1.00. The standard InChI is InChI=1S/2C13H27NO3S/c2*1-10(2)12-7-6-11(3)8-13(12,15)9-18(16,17)14(4)5/h2*10-12,15H,6-9H2,1-5H3/t2*11-,12+,13-/m11/s1. The average Bonchev–Trinajstić information content (AvgIpc) is 2.65. The van der Waals surface area contributed by atoms with Crippen molar-refractivity contribution in [2.24, 2.45) is 35.5 Å². The van der Waals surface area contributed by atoms with E-state index in [1.54, 1.807) is 0 Å². The van der Waals surface area contributed by atoms with Gasteiger partial charge in [-0.15, -0.1) is 0 Å². The van der Waals surface area contributed by atoms with Gasteiger partial charge in [-0.25, -0.2) is 25.4 Å². The van der Waals surface area contributed by atoms with Crippen molar-refractivity contribution in [2.75, 3.05) is 39.7 Å². The van der Waals surface area contributed by atoms with Gasteiger partial charge in [0.2, 0.25) is 20.0 Å². The summed E-state index contributed by atoms with van der Waals surface area (Å²) in [6, 6.07) is 0. The third kappa shape index (κ3) is 8.90. The van der Waals surface area contributed by atoms with Crippen LogP contribution in [0.25, 0.3) is 0 Å². The molecule has 0 unspecified atom stereocenters. The summed E-state index contributed by atoms with van der Waals surface area (Å²) >= 11 is 0. The molecule has 10 heteroatoms. The zero-order valence-corrected chi connectivity index (χ0v) is 26.0. The molecule has 0 spiro atoms. The number of hydrogen-bond donors (Lipinski definition) is 2. The minimum Gasteiger partial charge on any atom is -0.388 e. The Morgan fingerprint density at radius 2 is 0.944 bits per heavy atom. The second kappa shape index (κ2) is 12.7. The van der Waals surface area contributed by atoms with Crippen LogP contribution < -0.4 is 0 Å². The normalized spacial score (nSPS) is 34.2. The van der Waals surface area contributed by atoms with E-state index in [4.69, 9.17) is 0 Å². The van der Waals surface area contributed by atoms with Gasteiger partial charge in [0, 0.05) is 28.2 Å². The van der Waals surface area contributed by atoms with Crippen LogP contribution in [-0.4, -0.2) is 86.6 Å². The molecule has 2 saturated carbocycles. The zero-order chi connectivity index (χ0) is 28.3. The lowest BCUT2D eigenvalue weighted by atomic mass is 9.68. The molecule has 2 aliphatic rings. The van der Waals surface area contributed by atoms with Crippen molar-refractivity contribution in [3.05, 3.63) is 0 Å². The first-order valence-electron chi connectivity index (χ1n) is 13.4. The van der Waals surface area contributed by atoms with Gasteiger partial charge in [-0.1, -0.05) is 54.4 Å². The van der Waals surface area contributed by atoms with Crippen LogP contribution in [-0.2, 0) is 20.0 Å². The van der Waals surface area contributed by atoms with Gasteiger partial charge in [-0.05, 0) is 61.2 Å². The highest BCUT2D eigenvalue weighted by atomic mass is 32.2. The Labute approximate surface area is 221 Å². The van der Waals surface area contributed by atoms with Crippen molar-refractivity contribution >= 4 is 20.0 Å². The topological polar surface area (TPSA) is 115 Å². The predicted octanol–water partition coefficient (Wildman–Crippen LogP) is 3.40. The SMILES string of the molecule is CC(C)[C@@H]1CC[C@@H](C)C[C@@]1(O)CS(=O)(=O)N(C)C.CC(C)[C@@H]1CC[C@@H](C)C[C@@]1(O)CS(=O)(=O)N(C)C. The van der Waals surface area contributed by atoms with Gasteiger partial charge in [-0.3, -0.25) is 0 Å². The first-order valence-corrected chi connectivity index (χ1v) is 16.6. The summed E-state index contributed by atoms with van der Waals surface area (Å²) in [6.45, 7) is 12.4. The maximum absolute atomic E-state index is 12.0. The Bertz CT molecular complexity index is 829. The number of sulfonamides is 2. The van der Waals surface area contributed by atoms with Crippen LogP contribution in [0, 0.1) is 35.5 Å². The summed E-state index contributed by atoms with van der Waals surface area (Å²) in [6.07, 6.45) is 5.16. The third-order valence-electron chi connectivity index (χ3n) is 8.31. The van der Waals surface area contributed by atoms with Crippen molar-refractivity contribution in [1.82, 2.24) is 8.61 Å². The summed E-state index contributed by atoms with van der Waals surface area (Å²) < 4.78 is 50.6. The van der Waals surface area contributed by atoms with E-state index in [2.05, 4.69) is 41.5 Å². The minimum atomic E-state index is -3.36. The maximum atomic E-state index is 12.0. The van der Waals surface area contributed by atoms with Crippen LogP contribution in [0.3, 0.4) is 0 Å². The molecule has 0 amide bonds. The van der Waals surface area contributed by atoms with E-state index in [-0.39, 0.29) is 23.3 Å². The Balaban J connectivity index is 0.000000360. The number of aliphatic hydroxyl groups is 2. The first-order chi connectivity index (χ1) is 16.2. The second-order valence-electron chi connectivity index (χ2n) is 12.8. The van der Waals surface area contributed by atoms with Crippen molar-refractivity contribution in [2.45, 2.75) is 91.3 Å². The minimum absolute atomic E-state index is 0.0726. The molecular formula is C26H54N2O6S2. The molecule has 2 fully saturated rings. The smallest absolute Gasteiger partial charge is 0.216 e. The van der Waals surface area contributed by atoms with Crippen LogP contribution in [0.1, 0.15) is 80.1 Å². The van der Waals surface area contributed by atoms with Crippen molar-refractivity contribution < 1.29 is 27.0 Å². The van der Waals surface area contributed by atoms with E-state index >= 15 is 0 Å². The number of hydrogen-bond acceptors (Lipinski definition) is 6. The monoisotopic (exact) mass is 554 g/mol. The highest BCUT2D eigenvalue weighted by Crippen LogP contribution is 2.43. The average molecular weight is 555 g/mol. The Morgan fingerprint density at radius 3 is 1.17 bits per heavy atom. The molecule has 0 aromatic rings. The van der Waals surface area contributed by atoms with Crippen molar-refractivity contribution in [1.29, 1.82) is 0 Å². The molecule has 8 nitrogen and oxygen atoms in total. The van der Waals surface area contributed by atoms with Gasteiger partial charge >= 0.3 is 0 Å². The number of rotatable bonds is 8. The zero-order valence-electron chi connectivity index (χ0n) is 24.4. The van der Waals surface area contributed by atoms with E-state index in [0.717, 1.165) is 25.7 Å². The fourth-order valence-electron chi connectivity index (χ4n) is 6.31.